The summed E-state index contributed by atoms with van der Waals surface area (Å²) in [6.45, 7) is 1.18. The van der Waals surface area contributed by atoms with Gasteiger partial charge in [-0.15, -0.1) is 0 Å². The van der Waals surface area contributed by atoms with Crippen molar-refractivity contribution in [2.75, 3.05) is 7.11 Å². The molecule has 0 aromatic carbocycles. The van der Waals surface area contributed by atoms with Gasteiger partial charge in [0, 0.05) is 39.8 Å². The van der Waals surface area contributed by atoms with Crippen molar-refractivity contribution >= 4 is 6.47 Å². The Bertz CT molecular complexity index is 25.5. The molecule has 0 amide bonds. The molecule has 4 heteroatoms. The summed E-state index contributed by atoms with van der Waals surface area (Å²) in [5.74, 6) is 0. The van der Waals surface area contributed by atoms with E-state index in [4.69, 9.17) is 4.79 Å². The second-order valence-corrected chi connectivity index (χ2v) is 0.287. The van der Waals surface area contributed by atoms with Gasteiger partial charge in [-0.05, 0) is 0 Å². The molecule has 0 aromatic heterocycles. The van der Waals surface area contributed by atoms with Crippen molar-refractivity contribution < 1.29 is 100 Å². The van der Waals surface area contributed by atoms with E-state index in [1.165, 1.54) is 13.6 Å². The molecular weight excluding hydrogens is 230 g/mol. The summed E-state index contributed by atoms with van der Waals surface area (Å²) in [5, 5.41) is 0. The van der Waals surface area contributed by atoms with Crippen molar-refractivity contribution in [3.8, 4) is 0 Å². The summed E-state index contributed by atoms with van der Waals surface area (Å²) in [6, 6.07) is 0. The van der Waals surface area contributed by atoms with Crippen LogP contribution in [0.15, 0.2) is 0 Å². The van der Waals surface area contributed by atoms with Gasteiger partial charge in [-0.1, -0.05) is 6.47 Å². The minimum Gasteiger partial charge on any atom is -0.655 e. The summed E-state index contributed by atoms with van der Waals surface area (Å²) >= 11 is 0. The van der Waals surface area contributed by atoms with Gasteiger partial charge in [-0.25, -0.2) is 0 Å². The average Bonchev–Trinajstić information content (AvgIpc) is 1.37. The molecule has 27 valence electrons. The minimum atomic E-state index is 0. The smallest absolute Gasteiger partial charge is 0.655 e. The van der Waals surface area contributed by atoms with Crippen molar-refractivity contribution in [3.05, 3.63) is 0 Å². The summed E-state index contributed by atoms with van der Waals surface area (Å²) in [4.78, 5) is 8.83. The molecule has 2 nitrogen and oxygen atoms in total. The zero-order valence-corrected chi connectivity index (χ0v) is 11.6. The predicted octanol–water partition coefficient (Wildman–Crippen LogP) is -3.30. The predicted molar refractivity (Wildman–Crippen MR) is 12.7 cm³/mol. The average molecular weight is 233 g/mol. The fourth-order valence-electron chi connectivity index (χ4n) is 0. The largest absolute Gasteiger partial charge is 1.00 e. The Hall–Kier alpha value is 2.38. The molecule has 0 rings (SSSR count). The fourth-order valence-corrected chi connectivity index (χ4v) is 0. The number of carbonyl (C=O) groups excluding carboxylic acids is 1. The number of rotatable bonds is 1. The molecule has 0 atom stereocenters. The molecule has 0 aliphatic carbocycles. The van der Waals surface area contributed by atoms with E-state index in [9.17, 15) is 0 Å². The molecule has 0 heterocycles. The van der Waals surface area contributed by atoms with Gasteiger partial charge < -0.3 is 9.53 Å². The first-order chi connectivity index (χ1) is 1.91. The number of hydrogen-bond donors (Lipinski definition) is 0. The van der Waals surface area contributed by atoms with Crippen LogP contribution in [0.3, 0.4) is 0 Å². The molecule has 0 bridgehead atoms. The molecule has 0 saturated carbocycles. The van der Waals surface area contributed by atoms with Gasteiger partial charge >= 0.3 is 58.2 Å². The summed E-state index contributed by atoms with van der Waals surface area (Å²) in [7, 11) is 1.26. The SMILES string of the molecule is CO[C-]=O.[Rb+].[Y]. The maximum Gasteiger partial charge on any atom is 1.00 e. The number of hydrogen-bond acceptors (Lipinski definition) is 2. The molecule has 0 N–H and O–H groups in total. The summed E-state index contributed by atoms with van der Waals surface area (Å²) in [6.07, 6.45) is 0. The maximum atomic E-state index is 8.83. The Labute approximate surface area is 111 Å². The molecule has 0 fully saturated rings. The van der Waals surface area contributed by atoms with Crippen LogP contribution in [-0.4, -0.2) is 13.6 Å². The van der Waals surface area contributed by atoms with Crippen LogP contribution in [0.5, 0.6) is 0 Å². The third kappa shape index (κ3) is 16.2. The van der Waals surface area contributed by atoms with Crippen LogP contribution in [-0.2, 0) is 42.2 Å². The van der Waals surface area contributed by atoms with Crippen molar-refractivity contribution in [3.63, 3.8) is 0 Å². The van der Waals surface area contributed by atoms with Gasteiger partial charge in [0.15, 0.2) is 0 Å². The van der Waals surface area contributed by atoms with Crippen LogP contribution in [0.2, 0.25) is 0 Å². The van der Waals surface area contributed by atoms with Crippen LogP contribution < -0.4 is 58.2 Å². The first-order valence-corrected chi connectivity index (χ1v) is 0.816. The Balaban J connectivity index is -0.0000000450. The summed E-state index contributed by atoms with van der Waals surface area (Å²) < 4.78 is 3.74. The topological polar surface area (TPSA) is 26.3 Å². The van der Waals surface area contributed by atoms with Crippen molar-refractivity contribution in [1.29, 1.82) is 0 Å². The maximum absolute atomic E-state index is 8.83. The minimum absolute atomic E-state index is 0. The van der Waals surface area contributed by atoms with Crippen molar-refractivity contribution in [2.24, 2.45) is 0 Å². The van der Waals surface area contributed by atoms with Crippen LogP contribution in [0, 0.1) is 0 Å². The molecule has 0 aliphatic rings. The zero-order chi connectivity index (χ0) is 3.41. The van der Waals surface area contributed by atoms with Gasteiger partial charge in [-0.2, -0.15) is 0 Å². The Morgan fingerprint density at radius 1 is 1.67 bits per heavy atom. The molecule has 0 unspecified atom stereocenters. The van der Waals surface area contributed by atoms with Gasteiger partial charge in [0.05, 0.1) is 0 Å². The second kappa shape index (κ2) is 15.7. The third-order valence-electron chi connectivity index (χ3n) is 0.0833. The van der Waals surface area contributed by atoms with E-state index in [-0.39, 0.29) is 90.9 Å². The molecule has 1 radical (unpaired) electrons. The van der Waals surface area contributed by atoms with Crippen LogP contribution >= 0.6 is 0 Å². The van der Waals surface area contributed by atoms with E-state index in [2.05, 4.69) is 4.74 Å². The van der Waals surface area contributed by atoms with Gasteiger partial charge in [0.1, 0.15) is 0 Å². The molecule has 0 aromatic rings. The third-order valence-corrected chi connectivity index (χ3v) is 0.0833. The van der Waals surface area contributed by atoms with Crippen LogP contribution in [0.4, 0.5) is 0 Å². The molecule has 6 heavy (non-hydrogen) atoms. The number of ether oxygens (including phenoxy) is 1. The van der Waals surface area contributed by atoms with E-state index in [0.29, 0.717) is 0 Å². The van der Waals surface area contributed by atoms with E-state index in [1.54, 1.807) is 0 Å². The molecular formula is C2H3O2RbY. The molecule has 0 aliphatic heterocycles. The molecule has 0 spiro atoms. The van der Waals surface area contributed by atoms with Gasteiger partial charge in [-0.3, -0.25) is 0 Å². The normalized spacial score (nSPS) is 3.50. The fraction of sp³-hybridized carbons (Fsp3) is 0.500. The van der Waals surface area contributed by atoms with Crippen LogP contribution in [0.25, 0.3) is 0 Å². The van der Waals surface area contributed by atoms with Crippen molar-refractivity contribution in [1.82, 2.24) is 0 Å². The van der Waals surface area contributed by atoms with Gasteiger partial charge in [0.25, 0.3) is 0 Å². The molecule has 0 saturated heterocycles. The van der Waals surface area contributed by atoms with Crippen molar-refractivity contribution in [2.45, 2.75) is 0 Å². The Kier molecular flexibility index (Phi) is 41.2. The van der Waals surface area contributed by atoms with Gasteiger partial charge in [0.2, 0.25) is 0 Å². The van der Waals surface area contributed by atoms with E-state index in [0.717, 1.165) is 0 Å². The Morgan fingerprint density at radius 3 is 1.83 bits per heavy atom. The van der Waals surface area contributed by atoms with E-state index >= 15 is 0 Å². The first kappa shape index (κ1) is 15.8. The van der Waals surface area contributed by atoms with E-state index in [1.807, 2.05) is 0 Å². The monoisotopic (exact) mass is 233 g/mol. The standard InChI is InChI=1S/C2H3O2.Rb.Y/c1-4-2-3;;/h1H3;;/q-1;+1;. The number of methoxy groups -OCH3 is 1. The van der Waals surface area contributed by atoms with E-state index < -0.39 is 0 Å². The zero-order valence-electron chi connectivity index (χ0n) is 3.89. The second-order valence-electron chi connectivity index (χ2n) is 0.287. The Morgan fingerprint density at radius 2 is 1.83 bits per heavy atom. The first-order valence-electron chi connectivity index (χ1n) is 0.816. The summed E-state index contributed by atoms with van der Waals surface area (Å²) in [5.41, 5.74) is 0. The quantitative estimate of drug-likeness (QED) is 0.444. The van der Waals surface area contributed by atoms with Crippen LogP contribution in [0.1, 0.15) is 0 Å².